The summed E-state index contributed by atoms with van der Waals surface area (Å²) in [5.41, 5.74) is 3.25. The van der Waals surface area contributed by atoms with E-state index in [1.165, 1.54) is 44.3 Å². The van der Waals surface area contributed by atoms with Gasteiger partial charge in [-0.1, -0.05) is 76.4 Å². The molecule has 0 unspecified atom stereocenters. The van der Waals surface area contributed by atoms with Crippen molar-refractivity contribution in [2.75, 3.05) is 19.6 Å². The fourth-order valence-corrected chi connectivity index (χ4v) is 4.94. The highest BCUT2D eigenvalue weighted by atomic mass is 16.5. The van der Waals surface area contributed by atoms with E-state index < -0.39 is 5.97 Å². The van der Waals surface area contributed by atoms with Crippen molar-refractivity contribution in [3.63, 3.8) is 0 Å². The van der Waals surface area contributed by atoms with Crippen molar-refractivity contribution >= 4 is 22.7 Å². The Labute approximate surface area is 234 Å². The quantitative estimate of drug-likeness (QED) is 0.129. The first-order valence-electron chi connectivity index (χ1n) is 15.0. The lowest BCUT2D eigenvalue weighted by atomic mass is 9.96. The van der Waals surface area contributed by atoms with Crippen molar-refractivity contribution in [2.45, 2.75) is 98.5 Å². The Kier molecular flexibility index (Phi) is 12.3. The minimum atomic E-state index is -0.433. The minimum Gasteiger partial charge on any atom is -0.459 e. The molecule has 39 heavy (non-hydrogen) atoms. The monoisotopic (exact) mass is 533 g/mol. The number of carbonyl (C=O) groups is 2. The van der Waals surface area contributed by atoms with E-state index in [2.05, 4.69) is 37.8 Å². The summed E-state index contributed by atoms with van der Waals surface area (Å²) in [7, 11) is 0. The zero-order chi connectivity index (χ0) is 28.2. The Morgan fingerprint density at radius 2 is 1.46 bits per heavy atom. The summed E-state index contributed by atoms with van der Waals surface area (Å²) in [5.74, 6) is 0.147. The fraction of sp³-hybridized carbons (Fsp3) is 0.529. The van der Waals surface area contributed by atoms with Gasteiger partial charge < -0.3 is 14.1 Å². The number of rotatable bonds is 17. The van der Waals surface area contributed by atoms with Crippen LogP contribution in [0.15, 0.2) is 46.9 Å². The van der Waals surface area contributed by atoms with Crippen LogP contribution in [0.2, 0.25) is 0 Å². The first-order valence-corrected chi connectivity index (χ1v) is 15.0. The number of nitrogens with zero attached hydrogens (tertiary/aromatic N) is 1. The van der Waals surface area contributed by atoms with E-state index in [9.17, 15) is 9.59 Å². The molecule has 0 bridgehead atoms. The zero-order valence-corrected chi connectivity index (χ0v) is 24.7. The normalized spacial score (nSPS) is 11.6. The van der Waals surface area contributed by atoms with Crippen LogP contribution in [0.1, 0.15) is 117 Å². The van der Waals surface area contributed by atoms with Crippen LogP contribution in [0.5, 0.6) is 0 Å². The lowest BCUT2D eigenvalue weighted by molar-refractivity contribution is 0.0379. The predicted octanol–water partition coefficient (Wildman–Crippen LogP) is 8.41. The Morgan fingerprint density at radius 1 is 0.821 bits per heavy atom. The summed E-state index contributed by atoms with van der Waals surface area (Å²) in [6, 6.07) is 13.4. The van der Waals surface area contributed by atoms with Crippen molar-refractivity contribution in [3.8, 4) is 0 Å². The average Bonchev–Trinajstić information content (AvgIpc) is 3.31. The average molecular weight is 534 g/mol. The van der Waals surface area contributed by atoms with Gasteiger partial charge in [0.1, 0.15) is 16.9 Å². The SMILES string of the molecule is CCCCc1oc2c(C(=O)OC(C)C)cccc2c1C(=O)c1ccc(CCCN(CCCC)CCCC)cc1. The number of fused-ring (bicyclic) bond motifs is 1. The summed E-state index contributed by atoms with van der Waals surface area (Å²) in [4.78, 5) is 29.1. The third kappa shape index (κ3) is 8.53. The van der Waals surface area contributed by atoms with Gasteiger partial charge in [0.2, 0.25) is 0 Å². The summed E-state index contributed by atoms with van der Waals surface area (Å²) in [6.07, 6.45) is 9.38. The standard InChI is InChI=1S/C34H47NO4/c1-6-9-17-30-31(28-15-12-16-29(33(28)39-30)34(37)38-25(4)5)32(36)27-20-18-26(19-21-27)14-13-24-35(22-10-7-2)23-11-8-3/h12,15-16,18-21,25H,6-11,13-14,17,22-24H2,1-5H3. The number of unbranched alkanes of at least 4 members (excludes halogenated alkanes) is 3. The number of para-hydroxylation sites is 1. The molecule has 5 nitrogen and oxygen atoms in total. The van der Waals surface area contributed by atoms with Gasteiger partial charge in [0.15, 0.2) is 5.78 Å². The Hall–Kier alpha value is -2.92. The minimum absolute atomic E-state index is 0.0638. The number of aryl methyl sites for hydroxylation is 2. The molecule has 0 spiro atoms. The third-order valence-corrected chi connectivity index (χ3v) is 7.15. The number of hydrogen-bond acceptors (Lipinski definition) is 5. The van der Waals surface area contributed by atoms with Crippen molar-refractivity contribution < 1.29 is 18.7 Å². The third-order valence-electron chi connectivity index (χ3n) is 7.15. The van der Waals surface area contributed by atoms with Gasteiger partial charge in [-0.05, 0) is 77.2 Å². The van der Waals surface area contributed by atoms with Crippen LogP contribution < -0.4 is 0 Å². The van der Waals surface area contributed by atoms with Crippen molar-refractivity contribution in [2.24, 2.45) is 0 Å². The Balaban J connectivity index is 1.79. The van der Waals surface area contributed by atoms with Crippen molar-refractivity contribution in [1.82, 2.24) is 4.90 Å². The number of furan rings is 1. The second kappa shape index (κ2) is 15.6. The number of hydrogen-bond donors (Lipinski definition) is 0. The van der Waals surface area contributed by atoms with Gasteiger partial charge in [0.05, 0.1) is 11.7 Å². The molecule has 3 aromatic rings. The highest BCUT2D eigenvalue weighted by Gasteiger charge is 2.25. The molecule has 1 heterocycles. The number of ketones is 1. The van der Waals surface area contributed by atoms with Gasteiger partial charge in [-0.3, -0.25) is 4.79 Å². The number of esters is 1. The van der Waals surface area contributed by atoms with E-state index in [-0.39, 0.29) is 11.9 Å². The smallest absolute Gasteiger partial charge is 0.342 e. The zero-order valence-electron chi connectivity index (χ0n) is 24.7. The largest absolute Gasteiger partial charge is 0.459 e. The molecule has 0 saturated heterocycles. The van der Waals surface area contributed by atoms with E-state index in [1.54, 1.807) is 12.1 Å². The Bertz CT molecular complexity index is 1180. The first kappa shape index (κ1) is 30.6. The van der Waals surface area contributed by atoms with Crippen LogP contribution in [0.25, 0.3) is 11.0 Å². The molecule has 0 aliphatic rings. The van der Waals surface area contributed by atoms with Crippen LogP contribution in [-0.4, -0.2) is 42.4 Å². The molecule has 5 heteroatoms. The van der Waals surface area contributed by atoms with Crippen LogP contribution in [-0.2, 0) is 17.6 Å². The van der Waals surface area contributed by atoms with Gasteiger partial charge in [-0.15, -0.1) is 0 Å². The molecule has 0 radical (unpaired) electrons. The molecule has 0 fully saturated rings. The molecule has 0 amide bonds. The van der Waals surface area contributed by atoms with Crippen molar-refractivity contribution in [1.29, 1.82) is 0 Å². The maximum absolute atomic E-state index is 13.8. The maximum Gasteiger partial charge on any atom is 0.342 e. The van der Waals surface area contributed by atoms with Gasteiger partial charge in [0.25, 0.3) is 0 Å². The van der Waals surface area contributed by atoms with Gasteiger partial charge in [0, 0.05) is 17.4 Å². The van der Waals surface area contributed by atoms with Crippen LogP contribution in [0, 0.1) is 0 Å². The maximum atomic E-state index is 13.8. The second-order valence-corrected chi connectivity index (χ2v) is 10.8. The summed E-state index contributed by atoms with van der Waals surface area (Å²) < 4.78 is 11.6. The fourth-order valence-electron chi connectivity index (χ4n) is 4.94. The van der Waals surface area contributed by atoms with Crippen molar-refractivity contribution in [3.05, 3.63) is 70.5 Å². The number of ether oxygens (including phenoxy) is 1. The number of carbonyl (C=O) groups excluding carboxylic acids is 2. The first-order chi connectivity index (χ1) is 18.9. The van der Waals surface area contributed by atoms with Crippen LogP contribution in [0.4, 0.5) is 0 Å². The van der Waals surface area contributed by atoms with Gasteiger partial charge in [-0.2, -0.15) is 0 Å². The molecule has 212 valence electrons. The molecule has 0 N–H and O–H groups in total. The lowest BCUT2D eigenvalue weighted by Gasteiger charge is -2.21. The summed E-state index contributed by atoms with van der Waals surface area (Å²) in [5, 5.41) is 0.674. The molecular formula is C34H47NO4. The topological polar surface area (TPSA) is 59.8 Å². The van der Waals surface area contributed by atoms with E-state index in [4.69, 9.17) is 9.15 Å². The van der Waals surface area contributed by atoms with E-state index in [0.29, 0.717) is 39.8 Å². The molecule has 2 aromatic carbocycles. The molecule has 1 aromatic heterocycles. The molecule has 3 rings (SSSR count). The highest BCUT2D eigenvalue weighted by Crippen LogP contribution is 2.32. The summed E-state index contributed by atoms with van der Waals surface area (Å²) in [6.45, 7) is 13.7. The lowest BCUT2D eigenvalue weighted by Crippen LogP contribution is -2.27. The molecule has 0 atom stereocenters. The molecule has 0 aliphatic heterocycles. The van der Waals surface area contributed by atoms with E-state index in [0.717, 1.165) is 32.2 Å². The highest BCUT2D eigenvalue weighted by molar-refractivity contribution is 6.18. The van der Waals surface area contributed by atoms with Crippen LogP contribution in [0.3, 0.4) is 0 Å². The molecule has 0 aliphatic carbocycles. The molecular weight excluding hydrogens is 486 g/mol. The van der Waals surface area contributed by atoms with Crippen LogP contribution >= 0.6 is 0 Å². The van der Waals surface area contributed by atoms with Gasteiger partial charge >= 0.3 is 5.97 Å². The van der Waals surface area contributed by atoms with Gasteiger partial charge in [-0.25, -0.2) is 4.79 Å². The number of benzene rings is 2. The predicted molar refractivity (Wildman–Crippen MR) is 160 cm³/mol. The summed E-state index contributed by atoms with van der Waals surface area (Å²) >= 11 is 0. The van der Waals surface area contributed by atoms with E-state index in [1.807, 2.05) is 32.0 Å². The molecule has 0 saturated carbocycles. The Morgan fingerprint density at radius 3 is 2.08 bits per heavy atom. The second-order valence-electron chi connectivity index (χ2n) is 10.8. The van der Waals surface area contributed by atoms with E-state index >= 15 is 0 Å².